The second-order valence-corrected chi connectivity index (χ2v) is 4.48. The Kier molecular flexibility index (Phi) is 5.49. The van der Waals surface area contributed by atoms with E-state index < -0.39 is 23.4 Å². The van der Waals surface area contributed by atoms with Crippen LogP contribution in [0.5, 0.6) is 0 Å². The molecule has 1 rings (SSSR count). The third kappa shape index (κ3) is 3.46. The number of aromatic carboxylic acids is 1. The Bertz CT molecular complexity index is 501. The number of halogens is 1. The lowest BCUT2D eigenvalue weighted by Crippen LogP contribution is -2.39. The van der Waals surface area contributed by atoms with E-state index in [-0.39, 0.29) is 11.7 Å². The van der Waals surface area contributed by atoms with Gasteiger partial charge in [0.1, 0.15) is 11.4 Å². The van der Waals surface area contributed by atoms with Gasteiger partial charge in [0.05, 0.1) is 5.69 Å². The van der Waals surface area contributed by atoms with Crippen molar-refractivity contribution in [1.29, 1.82) is 0 Å². The van der Waals surface area contributed by atoms with E-state index >= 15 is 0 Å². The first-order valence-electron chi connectivity index (χ1n) is 6.47. The molecule has 0 spiro atoms. The number of amides is 2. The van der Waals surface area contributed by atoms with Gasteiger partial charge in [-0.2, -0.15) is 0 Å². The number of anilines is 1. The van der Waals surface area contributed by atoms with Crippen LogP contribution in [0.15, 0.2) is 18.2 Å². The molecule has 5 nitrogen and oxygen atoms in total. The third-order valence-corrected chi connectivity index (χ3v) is 3.28. The predicted molar refractivity (Wildman–Crippen MR) is 74.5 cm³/mol. The lowest BCUT2D eigenvalue weighted by Gasteiger charge is -2.26. The molecule has 1 aromatic rings. The Morgan fingerprint density at radius 1 is 1.35 bits per heavy atom. The fourth-order valence-corrected chi connectivity index (χ4v) is 2.05. The minimum Gasteiger partial charge on any atom is -0.478 e. The molecule has 0 unspecified atom stereocenters. The number of benzene rings is 1. The molecule has 2 N–H and O–H groups in total. The number of hydrogen-bond donors (Lipinski definition) is 2. The van der Waals surface area contributed by atoms with Crippen molar-refractivity contribution in [3.05, 3.63) is 29.6 Å². The normalized spacial score (nSPS) is 10.4. The lowest BCUT2D eigenvalue weighted by atomic mass is 10.1. The van der Waals surface area contributed by atoms with Gasteiger partial charge >= 0.3 is 12.0 Å². The quantitative estimate of drug-likeness (QED) is 0.871. The summed E-state index contributed by atoms with van der Waals surface area (Å²) >= 11 is 0. The van der Waals surface area contributed by atoms with E-state index in [1.165, 1.54) is 17.0 Å². The van der Waals surface area contributed by atoms with Gasteiger partial charge in [-0.15, -0.1) is 0 Å². The molecular formula is C14H19FN2O3. The Labute approximate surface area is 117 Å². The van der Waals surface area contributed by atoms with E-state index in [0.29, 0.717) is 0 Å². The molecular weight excluding hydrogens is 263 g/mol. The number of hydrogen-bond acceptors (Lipinski definition) is 2. The molecule has 2 amide bonds. The average Bonchev–Trinajstić information content (AvgIpc) is 2.39. The summed E-state index contributed by atoms with van der Waals surface area (Å²) in [5.74, 6) is -2.29. The van der Waals surface area contributed by atoms with Crippen LogP contribution in [0.1, 0.15) is 37.0 Å². The number of carboxylic acids is 1. The van der Waals surface area contributed by atoms with Crippen LogP contribution in [0.2, 0.25) is 0 Å². The van der Waals surface area contributed by atoms with Crippen molar-refractivity contribution in [3.63, 3.8) is 0 Å². The van der Waals surface area contributed by atoms with Crippen LogP contribution in [0, 0.1) is 5.82 Å². The molecule has 0 fully saturated rings. The first-order chi connectivity index (χ1) is 9.42. The second-order valence-electron chi connectivity index (χ2n) is 4.48. The van der Waals surface area contributed by atoms with Crippen molar-refractivity contribution >= 4 is 17.7 Å². The number of carbonyl (C=O) groups is 2. The van der Waals surface area contributed by atoms with E-state index in [1.54, 1.807) is 7.05 Å². The smallest absolute Gasteiger partial charge is 0.340 e. The molecule has 0 aliphatic heterocycles. The Morgan fingerprint density at radius 2 is 1.95 bits per heavy atom. The van der Waals surface area contributed by atoms with Gasteiger partial charge in [0.25, 0.3) is 0 Å². The average molecular weight is 282 g/mol. The van der Waals surface area contributed by atoms with Gasteiger partial charge < -0.3 is 15.3 Å². The van der Waals surface area contributed by atoms with E-state index in [1.807, 2.05) is 13.8 Å². The third-order valence-electron chi connectivity index (χ3n) is 3.28. The summed E-state index contributed by atoms with van der Waals surface area (Å²) in [7, 11) is 1.63. The summed E-state index contributed by atoms with van der Waals surface area (Å²) in [6.07, 6.45) is 1.57. The number of urea groups is 1. The first kappa shape index (κ1) is 15.9. The predicted octanol–water partition coefficient (Wildman–Crippen LogP) is 3.18. The molecule has 0 bridgehead atoms. The van der Waals surface area contributed by atoms with Crippen molar-refractivity contribution in [2.45, 2.75) is 32.7 Å². The van der Waals surface area contributed by atoms with Gasteiger partial charge in [-0.25, -0.2) is 14.0 Å². The maximum absolute atomic E-state index is 13.5. The van der Waals surface area contributed by atoms with E-state index in [0.717, 1.165) is 18.9 Å². The standard InChI is InChI=1S/C14H19FN2O3/c1-4-9(5-2)17(3)14(20)16-11-8-6-7-10(15)12(11)13(18)19/h6-9H,4-5H2,1-3H3,(H,16,20)(H,18,19). The molecule has 0 aromatic heterocycles. The van der Waals surface area contributed by atoms with Crippen LogP contribution in [0.25, 0.3) is 0 Å². The summed E-state index contributed by atoms with van der Waals surface area (Å²) in [6, 6.07) is 3.37. The van der Waals surface area contributed by atoms with Crippen LogP contribution in [-0.4, -0.2) is 35.1 Å². The number of nitrogens with zero attached hydrogens (tertiary/aromatic N) is 1. The summed E-state index contributed by atoms with van der Waals surface area (Å²) in [6.45, 7) is 3.92. The van der Waals surface area contributed by atoms with E-state index in [9.17, 15) is 14.0 Å². The molecule has 0 atom stereocenters. The zero-order valence-corrected chi connectivity index (χ0v) is 11.8. The molecule has 110 valence electrons. The highest BCUT2D eigenvalue weighted by Gasteiger charge is 2.21. The minimum atomic E-state index is -1.41. The summed E-state index contributed by atoms with van der Waals surface area (Å²) in [4.78, 5) is 24.6. The minimum absolute atomic E-state index is 0.0414. The SMILES string of the molecule is CCC(CC)N(C)C(=O)Nc1cccc(F)c1C(=O)O. The maximum Gasteiger partial charge on any atom is 0.340 e. The summed E-state index contributed by atoms with van der Waals surface area (Å²) in [5, 5.41) is 11.4. The first-order valence-corrected chi connectivity index (χ1v) is 6.47. The molecule has 1 aromatic carbocycles. The zero-order chi connectivity index (χ0) is 15.3. The van der Waals surface area contributed by atoms with Crippen LogP contribution in [0.4, 0.5) is 14.9 Å². The highest BCUT2D eigenvalue weighted by molar-refractivity contribution is 6.00. The van der Waals surface area contributed by atoms with Crippen LogP contribution in [0.3, 0.4) is 0 Å². The fraction of sp³-hybridized carbons (Fsp3) is 0.429. The fourth-order valence-electron chi connectivity index (χ4n) is 2.05. The zero-order valence-electron chi connectivity index (χ0n) is 11.8. The molecule has 0 saturated heterocycles. The Hall–Kier alpha value is -2.11. The van der Waals surface area contributed by atoms with Gasteiger partial charge in [-0.3, -0.25) is 0 Å². The molecule has 6 heteroatoms. The molecule has 0 heterocycles. The van der Waals surface area contributed by atoms with Gasteiger partial charge in [0.15, 0.2) is 0 Å². The van der Waals surface area contributed by atoms with Crippen molar-refractivity contribution < 1.29 is 19.1 Å². The second kappa shape index (κ2) is 6.88. The maximum atomic E-state index is 13.5. The van der Waals surface area contributed by atoms with Gasteiger partial charge in [0, 0.05) is 13.1 Å². The number of carbonyl (C=O) groups excluding carboxylic acids is 1. The summed E-state index contributed by atoms with van der Waals surface area (Å²) < 4.78 is 13.5. The van der Waals surface area contributed by atoms with E-state index in [2.05, 4.69) is 5.32 Å². The summed E-state index contributed by atoms with van der Waals surface area (Å²) in [5.41, 5.74) is -0.570. The van der Waals surface area contributed by atoms with Crippen molar-refractivity contribution in [3.8, 4) is 0 Å². The molecule has 0 radical (unpaired) electrons. The Balaban J connectivity index is 2.96. The van der Waals surface area contributed by atoms with Gasteiger partial charge in [-0.05, 0) is 25.0 Å². The topological polar surface area (TPSA) is 69.6 Å². The lowest BCUT2D eigenvalue weighted by molar-refractivity contribution is 0.0693. The number of carboxylic acid groups (broad SMARTS) is 1. The largest absolute Gasteiger partial charge is 0.478 e. The molecule has 0 aliphatic rings. The van der Waals surface area contributed by atoms with Crippen LogP contribution in [-0.2, 0) is 0 Å². The number of nitrogens with one attached hydrogen (secondary N) is 1. The van der Waals surface area contributed by atoms with Gasteiger partial charge in [-0.1, -0.05) is 19.9 Å². The molecule has 20 heavy (non-hydrogen) atoms. The molecule has 0 aliphatic carbocycles. The Morgan fingerprint density at radius 3 is 2.45 bits per heavy atom. The van der Waals surface area contributed by atoms with Crippen molar-refractivity contribution in [2.24, 2.45) is 0 Å². The molecule has 0 saturated carbocycles. The van der Waals surface area contributed by atoms with Crippen LogP contribution >= 0.6 is 0 Å². The monoisotopic (exact) mass is 282 g/mol. The van der Waals surface area contributed by atoms with Crippen molar-refractivity contribution in [1.82, 2.24) is 4.90 Å². The van der Waals surface area contributed by atoms with Gasteiger partial charge in [0.2, 0.25) is 0 Å². The van der Waals surface area contributed by atoms with Crippen LogP contribution < -0.4 is 5.32 Å². The highest BCUT2D eigenvalue weighted by atomic mass is 19.1. The highest BCUT2D eigenvalue weighted by Crippen LogP contribution is 2.20. The number of rotatable bonds is 5. The van der Waals surface area contributed by atoms with Crippen molar-refractivity contribution in [2.75, 3.05) is 12.4 Å². The van der Waals surface area contributed by atoms with E-state index in [4.69, 9.17) is 5.11 Å².